The second-order valence-electron chi connectivity index (χ2n) is 11.0. The molecule has 0 aliphatic rings. The van der Waals surface area contributed by atoms with Crippen LogP contribution in [0.2, 0.25) is 0 Å². The molecule has 6 rings (SSSR count). The lowest BCUT2D eigenvalue weighted by molar-refractivity contribution is 0.581. The van der Waals surface area contributed by atoms with Crippen LogP contribution in [0.3, 0.4) is 0 Å². The number of halogens is 2. The first-order valence-electron chi connectivity index (χ1n) is 14.2. The van der Waals surface area contributed by atoms with Crippen molar-refractivity contribution in [3.8, 4) is 44.5 Å². The van der Waals surface area contributed by atoms with Crippen LogP contribution < -0.4 is 0 Å². The van der Waals surface area contributed by atoms with Crippen molar-refractivity contribution in [2.75, 3.05) is 0 Å². The molecule has 0 atom stereocenters. The van der Waals surface area contributed by atoms with E-state index >= 15 is 8.78 Å². The summed E-state index contributed by atoms with van der Waals surface area (Å²) in [6.07, 6.45) is 13.5. The lowest BCUT2D eigenvalue weighted by Gasteiger charge is -2.13. The summed E-state index contributed by atoms with van der Waals surface area (Å²) in [5.41, 5.74) is 7.83. The van der Waals surface area contributed by atoms with Crippen molar-refractivity contribution >= 4 is 9.84 Å². The zero-order chi connectivity index (χ0) is 31.6. The Morgan fingerprint density at radius 2 is 0.956 bits per heavy atom. The molecule has 0 bridgehead atoms. The minimum atomic E-state index is -3.92. The summed E-state index contributed by atoms with van der Waals surface area (Å²) in [4.78, 5) is 16.9. The number of pyridine rings is 4. The van der Waals surface area contributed by atoms with Crippen molar-refractivity contribution in [2.45, 2.75) is 25.4 Å². The number of hydrogen-bond donors (Lipinski definition) is 0. The largest absolute Gasteiger partial charge is 0.264 e. The number of benzene rings is 2. The SMILES string of the molecule is Cc1cncc(-c2ccncc2-c2ccc(CS(=O)(=O)Cc3ccc(-c4cnccc4-c4cncc(C)c4)cc3F)c(F)c2)c1. The van der Waals surface area contributed by atoms with Gasteiger partial charge in [-0.15, -0.1) is 0 Å². The van der Waals surface area contributed by atoms with Crippen LogP contribution in [0.4, 0.5) is 8.78 Å². The first-order chi connectivity index (χ1) is 21.7. The monoisotopic (exact) mass is 618 g/mol. The fraction of sp³-hybridized carbons (Fsp3) is 0.111. The molecule has 0 radical (unpaired) electrons. The van der Waals surface area contributed by atoms with Crippen LogP contribution >= 0.6 is 0 Å². The van der Waals surface area contributed by atoms with Crippen molar-refractivity contribution in [2.24, 2.45) is 0 Å². The lowest BCUT2D eigenvalue weighted by Crippen LogP contribution is -2.10. The highest BCUT2D eigenvalue weighted by Gasteiger charge is 2.20. The Morgan fingerprint density at radius 1 is 0.511 bits per heavy atom. The van der Waals surface area contributed by atoms with E-state index in [1.165, 1.54) is 24.3 Å². The number of aromatic nitrogens is 4. The predicted molar refractivity (Wildman–Crippen MR) is 172 cm³/mol. The molecule has 224 valence electrons. The Kier molecular flexibility index (Phi) is 8.28. The molecule has 6 aromatic rings. The molecule has 0 aliphatic heterocycles. The third-order valence-corrected chi connectivity index (χ3v) is 8.99. The molecular weight excluding hydrogens is 590 g/mol. The lowest BCUT2D eigenvalue weighted by atomic mass is 9.96. The summed E-state index contributed by atoms with van der Waals surface area (Å²) in [7, 11) is -3.92. The van der Waals surface area contributed by atoms with E-state index in [2.05, 4.69) is 19.9 Å². The van der Waals surface area contributed by atoms with Gasteiger partial charge in [0.25, 0.3) is 0 Å². The highest BCUT2D eigenvalue weighted by Crippen LogP contribution is 2.34. The Bertz CT molecular complexity index is 2010. The first kappa shape index (κ1) is 29.9. The van der Waals surface area contributed by atoms with Crippen LogP contribution in [-0.4, -0.2) is 28.4 Å². The zero-order valence-corrected chi connectivity index (χ0v) is 25.4. The van der Waals surface area contributed by atoms with E-state index in [1.807, 2.05) is 38.1 Å². The van der Waals surface area contributed by atoms with Crippen molar-refractivity contribution in [1.29, 1.82) is 0 Å². The van der Waals surface area contributed by atoms with Crippen molar-refractivity contribution in [3.05, 3.63) is 144 Å². The molecule has 4 heterocycles. The van der Waals surface area contributed by atoms with Gasteiger partial charge >= 0.3 is 0 Å². The zero-order valence-electron chi connectivity index (χ0n) is 24.6. The molecule has 0 N–H and O–H groups in total. The van der Waals surface area contributed by atoms with E-state index in [9.17, 15) is 8.42 Å². The van der Waals surface area contributed by atoms with E-state index in [-0.39, 0.29) is 11.1 Å². The Balaban J connectivity index is 1.23. The molecule has 0 amide bonds. The maximum absolute atomic E-state index is 15.3. The van der Waals surface area contributed by atoms with Crippen molar-refractivity contribution in [3.63, 3.8) is 0 Å². The van der Waals surface area contributed by atoms with E-state index in [0.29, 0.717) is 22.3 Å². The van der Waals surface area contributed by atoms with Crippen LogP contribution in [0.25, 0.3) is 44.5 Å². The number of nitrogens with zero attached hydrogens (tertiary/aromatic N) is 4. The van der Waals surface area contributed by atoms with Gasteiger partial charge in [0.15, 0.2) is 9.84 Å². The van der Waals surface area contributed by atoms with E-state index < -0.39 is 33.0 Å². The van der Waals surface area contributed by atoms with Gasteiger partial charge in [0.1, 0.15) is 11.6 Å². The van der Waals surface area contributed by atoms with Gasteiger partial charge in [-0.05, 0) is 83.6 Å². The molecule has 0 saturated heterocycles. The highest BCUT2D eigenvalue weighted by molar-refractivity contribution is 7.89. The van der Waals surface area contributed by atoms with Gasteiger partial charge in [-0.3, -0.25) is 19.9 Å². The number of sulfone groups is 1. The molecule has 0 fully saturated rings. The summed E-state index contributed by atoms with van der Waals surface area (Å²) in [6.45, 7) is 3.88. The number of hydrogen-bond acceptors (Lipinski definition) is 6. The minimum absolute atomic E-state index is 0.00482. The summed E-state index contributed by atoms with van der Waals surface area (Å²) in [6, 6.07) is 16.5. The normalized spacial score (nSPS) is 11.5. The molecule has 6 nitrogen and oxygen atoms in total. The molecule has 0 spiro atoms. The van der Waals surface area contributed by atoms with Gasteiger partial charge in [-0.1, -0.05) is 24.3 Å². The quantitative estimate of drug-likeness (QED) is 0.172. The predicted octanol–water partition coefficient (Wildman–Crippen LogP) is 7.94. The van der Waals surface area contributed by atoms with Gasteiger partial charge in [-0.2, -0.15) is 0 Å². The van der Waals surface area contributed by atoms with Crippen molar-refractivity contribution < 1.29 is 17.2 Å². The van der Waals surface area contributed by atoms with Gasteiger partial charge in [0.05, 0.1) is 11.5 Å². The molecule has 0 saturated carbocycles. The van der Waals surface area contributed by atoms with Gasteiger partial charge in [0.2, 0.25) is 0 Å². The van der Waals surface area contributed by atoms with Crippen LogP contribution in [0.5, 0.6) is 0 Å². The molecular formula is C36H28F2N4O2S. The summed E-state index contributed by atoms with van der Waals surface area (Å²) in [5, 5.41) is 0. The Morgan fingerprint density at radius 3 is 1.36 bits per heavy atom. The fourth-order valence-corrected chi connectivity index (χ4v) is 6.86. The fourth-order valence-electron chi connectivity index (χ4n) is 5.35. The first-order valence-corrected chi connectivity index (χ1v) is 16.0. The average Bonchev–Trinajstić information content (AvgIpc) is 3.03. The van der Waals surface area contributed by atoms with E-state index in [4.69, 9.17) is 0 Å². The molecule has 0 aliphatic carbocycles. The topological polar surface area (TPSA) is 85.7 Å². The Hall–Kier alpha value is -5.15. The molecule has 4 aromatic heterocycles. The average molecular weight is 619 g/mol. The van der Waals surface area contributed by atoms with Gasteiger partial charge < -0.3 is 0 Å². The third kappa shape index (κ3) is 6.68. The minimum Gasteiger partial charge on any atom is -0.264 e. The maximum atomic E-state index is 15.3. The van der Waals surface area contributed by atoms with Crippen LogP contribution in [-0.2, 0) is 21.3 Å². The Labute approximate surface area is 260 Å². The molecule has 0 unspecified atom stereocenters. The second kappa shape index (κ2) is 12.5. The van der Waals surface area contributed by atoms with E-state index in [0.717, 1.165) is 33.4 Å². The smallest absolute Gasteiger partial charge is 0.158 e. The second-order valence-corrected chi connectivity index (χ2v) is 13.1. The van der Waals surface area contributed by atoms with Crippen LogP contribution in [0.15, 0.2) is 110 Å². The van der Waals surface area contributed by atoms with Crippen molar-refractivity contribution in [1.82, 2.24) is 19.9 Å². The third-order valence-electron chi connectivity index (χ3n) is 7.49. The highest BCUT2D eigenvalue weighted by atomic mass is 32.2. The molecule has 45 heavy (non-hydrogen) atoms. The summed E-state index contributed by atoms with van der Waals surface area (Å²) in [5.74, 6) is -2.48. The maximum Gasteiger partial charge on any atom is 0.158 e. The standard InChI is InChI=1S/C36H28F2N4O2S/c1-23-11-29(17-41-15-23)31-7-9-39-19-33(31)25-3-5-27(35(37)13-25)21-45(43,44)22-28-6-4-26(14-36(28)38)34-20-40-10-8-32(34)30-12-24(2)16-42-18-30/h3-20H,21-22H2,1-2H3. The number of aryl methyl sites for hydroxylation is 2. The molecule has 2 aromatic carbocycles. The number of rotatable bonds is 8. The van der Waals surface area contributed by atoms with Gasteiger partial charge in [0, 0.05) is 83.0 Å². The van der Waals surface area contributed by atoms with E-state index in [1.54, 1.807) is 61.7 Å². The summed E-state index contributed by atoms with van der Waals surface area (Å²) < 4.78 is 57.0. The van der Waals surface area contributed by atoms with Crippen LogP contribution in [0, 0.1) is 25.5 Å². The summed E-state index contributed by atoms with van der Waals surface area (Å²) >= 11 is 0. The van der Waals surface area contributed by atoms with Gasteiger partial charge in [-0.25, -0.2) is 17.2 Å². The van der Waals surface area contributed by atoms with Crippen LogP contribution in [0.1, 0.15) is 22.3 Å². The molecule has 9 heteroatoms.